The van der Waals surface area contributed by atoms with Gasteiger partial charge in [0.05, 0.1) is 0 Å². The zero-order valence-corrected chi connectivity index (χ0v) is 9.96. The van der Waals surface area contributed by atoms with E-state index < -0.39 is 0 Å². The Bertz CT molecular complexity index is 361. The Morgan fingerprint density at radius 1 is 1.38 bits per heavy atom. The van der Waals surface area contributed by atoms with Gasteiger partial charge in [0.15, 0.2) is 0 Å². The van der Waals surface area contributed by atoms with Gasteiger partial charge < -0.3 is 10.2 Å². The molecule has 0 heterocycles. The van der Waals surface area contributed by atoms with E-state index in [2.05, 4.69) is 23.2 Å². The molecule has 0 aromatic heterocycles. The summed E-state index contributed by atoms with van der Waals surface area (Å²) in [5.74, 6) is -0.141. The highest BCUT2D eigenvalue weighted by Crippen LogP contribution is 2.30. The molecule has 0 radical (unpaired) electrons. The number of nitrogens with zero attached hydrogens (tertiary/aromatic N) is 1. The average molecular weight is 222 g/mol. The molecular formula is C13H19FN2. The fourth-order valence-corrected chi connectivity index (χ4v) is 1.88. The molecule has 1 N–H and O–H groups in total. The van der Waals surface area contributed by atoms with Gasteiger partial charge in [-0.1, -0.05) is 6.92 Å². The van der Waals surface area contributed by atoms with E-state index in [9.17, 15) is 4.39 Å². The maximum Gasteiger partial charge on any atom is 0.125 e. The number of hydrogen-bond donors (Lipinski definition) is 1. The predicted octanol–water partition coefficient (Wildman–Crippen LogP) is 2.53. The molecule has 16 heavy (non-hydrogen) atoms. The number of hydrogen-bond acceptors (Lipinski definition) is 2. The van der Waals surface area contributed by atoms with Crippen molar-refractivity contribution in [2.45, 2.75) is 32.4 Å². The highest BCUT2D eigenvalue weighted by molar-refractivity contribution is 5.50. The summed E-state index contributed by atoms with van der Waals surface area (Å²) in [6, 6.07) is 5.92. The molecule has 0 atom stereocenters. The van der Waals surface area contributed by atoms with Crippen molar-refractivity contribution >= 4 is 5.69 Å². The zero-order chi connectivity index (χ0) is 11.5. The topological polar surface area (TPSA) is 15.3 Å². The Morgan fingerprint density at radius 2 is 2.12 bits per heavy atom. The molecule has 1 aromatic carbocycles. The Labute approximate surface area is 96.5 Å². The fraction of sp³-hybridized carbons (Fsp3) is 0.538. The highest BCUT2D eigenvalue weighted by Gasteiger charge is 2.26. The third-order valence-electron chi connectivity index (χ3n) is 3.02. The van der Waals surface area contributed by atoms with Crippen molar-refractivity contribution in [1.29, 1.82) is 0 Å². The third-order valence-corrected chi connectivity index (χ3v) is 3.02. The second kappa shape index (κ2) is 4.83. The van der Waals surface area contributed by atoms with E-state index in [-0.39, 0.29) is 5.82 Å². The van der Waals surface area contributed by atoms with Crippen molar-refractivity contribution in [2.75, 3.05) is 18.5 Å². The molecule has 1 saturated carbocycles. The number of rotatable bonds is 5. The van der Waals surface area contributed by atoms with Gasteiger partial charge in [-0.15, -0.1) is 0 Å². The monoisotopic (exact) mass is 222 g/mol. The van der Waals surface area contributed by atoms with E-state index in [0.29, 0.717) is 6.04 Å². The van der Waals surface area contributed by atoms with Gasteiger partial charge in [-0.25, -0.2) is 4.39 Å². The van der Waals surface area contributed by atoms with Gasteiger partial charge in [0.1, 0.15) is 5.82 Å². The number of benzene rings is 1. The molecule has 1 aromatic rings. The highest BCUT2D eigenvalue weighted by atomic mass is 19.1. The molecule has 3 heteroatoms. The van der Waals surface area contributed by atoms with Crippen molar-refractivity contribution in [2.24, 2.45) is 0 Å². The van der Waals surface area contributed by atoms with Gasteiger partial charge in [0.2, 0.25) is 0 Å². The molecule has 2 rings (SSSR count). The summed E-state index contributed by atoms with van der Waals surface area (Å²) in [7, 11) is 2.05. The molecule has 0 unspecified atom stereocenters. The summed E-state index contributed by atoms with van der Waals surface area (Å²) in [6.07, 6.45) is 2.46. The minimum Gasteiger partial charge on any atom is -0.372 e. The lowest BCUT2D eigenvalue weighted by Gasteiger charge is -2.19. The number of halogens is 1. The smallest absolute Gasteiger partial charge is 0.125 e. The van der Waals surface area contributed by atoms with Crippen LogP contribution < -0.4 is 10.2 Å². The van der Waals surface area contributed by atoms with Crippen molar-refractivity contribution in [3.8, 4) is 0 Å². The maximum atomic E-state index is 13.4. The van der Waals surface area contributed by atoms with Gasteiger partial charge in [-0.2, -0.15) is 0 Å². The molecule has 0 aliphatic heterocycles. The first kappa shape index (κ1) is 11.4. The first-order chi connectivity index (χ1) is 7.70. The summed E-state index contributed by atoms with van der Waals surface area (Å²) >= 11 is 0. The molecule has 0 amide bonds. The Kier molecular flexibility index (Phi) is 3.44. The SMILES string of the molecule is CCNCc1cc(F)cc(N(C)C2CC2)c1. The van der Waals surface area contributed by atoms with Crippen molar-refractivity contribution in [1.82, 2.24) is 5.32 Å². The summed E-state index contributed by atoms with van der Waals surface area (Å²) in [5.41, 5.74) is 2.01. The number of nitrogens with one attached hydrogen (secondary N) is 1. The standard InChI is InChI=1S/C13H19FN2/c1-3-15-9-10-6-11(14)8-13(7-10)16(2)12-4-5-12/h6-8,12,15H,3-5,9H2,1-2H3. The normalized spacial score (nSPS) is 15.2. The van der Waals surface area contributed by atoms with Crippen molar-refractivity contribution in [3.05, 3.63) is 29.6 Å². The summed E-state index contributed by atoms with van der Waals surface area (Å²) in [4.78, 5) is 2.18. The lowest BCUT2D eigenvalue weighted by molar-refractivity contribution is 0.621. The second-order valence-corrected chi connectivity index (χ2v) is 4.44. The van der Waals surface area contributed by atoms with Gasteiger partial charge in [-0.3, -0.25) is 0 Å². The van der Waals surface area contributed by atoms with Gasteiger partial charge in [0.25, 0.3) is 0 Å². The second-order valence-electron chi connectivity index (χ2n) is 4.44. The molecule has 0 saturated heterocycles. The van der Waals surface area contributed by atoms with Crippen LogP contribution in [0.15, 0.2) is 18.2 Å². The Hall–Kier alpha value is -1.09. The molecule has 88 valence electrons. The van der Waals surface area contributed by atoms with E-state index >= 15 is 0 Å². The van der Waals surface area contributed by atoms with Crippen LogP contribution >= 0.6 is 0 Å². The molecule has 0 spiro atoms. The largest absolute Gasteiger partial charge is 0.372 e. The van der Waals surface area contributed by atoms with Crippen LogP contribution in [-0.2, 0) is 6.54 Å². The fourth-order valence-electron chi connectivity index (χ4n) is 1.88. The molecule has 0 bridgehead atoms. The summed E-state index contributed by atoms with van der Waals surface area (Å²) in [6.45, 7) is 3.70. The lowest BCUT2D eigenvalue weighted by Crippen LogP contribution is -2.20. The number of anilines is 1. The molecule has 1 aliphatic carbocycles. The average Bonchev–Trinajstić information content (AvgIpc) is 3.08. The van der Waals surface area contributed by atoms with Crippen LogP contribution in [0.4, 0.5) is 10.1 Å². The van der Waals surface area contributed by atoms with Crippen LogP contribution in [0, 0.1) is 5.82 Å². The summed E-state index contributed by atoms with van der Waals surface area (Å²) < 4.78 is 13.4. The van der Waals surface area contributed by atoms with Crippen LogP contribution in [0.2, 0.25) is 0 Å². The van der Waals surface area contributed by atoms with Gasteiger partial charge >= 0.3 is 0 Å². The maximum absolute atomic E-state index is 13.4. The van der Waals surface area contributed by atoms with E-state index in [1.807, 2.05) is 7.05 Å². The minimum atomic E-state index is -0.141. The van der Waals surface area contributed by atoms with E-state index in [1.54, 1.807) is 12.1 Å². The molecule has 2 nitrogen and oxygen atoms in total. The van der Waals surface area contributed by atoms with Gasteiger partial charge in [0, 0.05) is 25.3 Å². The Morgan fingerprint density at radius 3 is 2.75 bits per heavy atom. The van der Waals surface area contributed by atoms with Crippen LogP contribution in [0.3, 0.4) is 0 Å². The Balaban J connectivity index is 2.14. The molecular weight excluding hydrogens is 203 g/mol. The van der Waals surface area contributed by atoms with Crippen LogP contribution in [-0.4, -0.2) is 19.6 Å². The summed E-state index contributed by atoms with van der Waals surface area (Å²) in [5, 5.41) is 3.22. The van der Waals surface area contributed by atoms with Crippen LogP contribution in [0.25, 0.3) is 0 Å². The third kappa shape index (κ3) is 2.73. The zero-order valence-electron chi connectivity index (χ0n) is 9.96. The molecule has 1 fully saturated rings. The van der Waals surface area contributed by atoms with E-state index in [0.717, 1.165) is 24.3 Å². The van der Waals surface area contributed by atoms with Crippen molar-refractivity contribution in [3.63, 3.8) is 0 Å². The van der Waals surface area contributed by atoms with Crippen LogP contribution in [0.1, 0.15) is 25.3 Å². The minimum absolute atomic E-state index is 0.141. The molecule has 1 aliphatic rings. The van der Waals surface area contributed by atoms with E-state index in [4.69, 9.17) is 0 Å². The van der Waals surface area contributed by atoms with Gasteiger partial charge in [-0.05, 0) is 43.1 Å². The van der Waals surface area contributed by atoms with Crippen molar-refractivity contribution < 1.29 is 4.39 Å². The van der Waals surface area contributed by atoms with Crippen LogP contribution in [0.5, 0.6) is 0 Å². The van der Waals surface area contributed by atoms with E-state index in [1.165, 1.54) is 12.8 Å². The lowest BCUT2D eigenvalue weighted by atomic mass is 10.1. The quantitative estimate of drug-likeness (QED) is 0.823. The first-order valence-corrected chi connectivity index (χ1v) is 5.93. The predicted molar refractivity (Wildman–Crippen MR) is 65.2 cm³/mol. The first-order valence-electron chi connectivity index (χ1n) is 5.93.